The average molecular weight is 277 g/mol. The van der Waals surface area contributed by atoms with E-state index in [1.165, 1.54) is 10.9 Å². The van der Waals surface area contributed by atoms with Gasteiger partial charge in [0.05, 0.1) is 24.0 Å². The van der Waals surface area contributed by atoms with Crippen LogP contribution in [-0.2, 0) is 18.4 Å². The molecule has 0 radical (unpaired) electrons. The van der Waals surface area contributed by atoms with E-state index < -0.39 is 23.3 Å². The third-order valence-electron chi connectivity index (χ3n) is 3.09. The maximum atomic E-state index is 13.6. The van der Waals surface area contributed by atoms with Crippen LogP contribution in [0.25, 0.3) is 0 Å². The zero-order chi connectivity index (χ0) is 14.4. The van der Waals surface area contributed by atoms with E-state index in [9.17, 15) is 18.4 Å². The molecule has 2 heterocycles. The minimum absolute atomic E-state index is 0.0360. The number of ketones is 1. The van der Waals surface area contributed by atoms with Crippen LogP contribution < -0.4 is 4.90 Å². The molecule has 0 aliphatic carbocycles. The predicted octanol–water partition coefficient (Wildman–Crippen LogP) is 1.43. The fraction of sp³-hybridized carbons (Fsp3) is 0.154. The summed E-state index contributed by atoms with van der Waals surface area (Å²) in [6.07, 6.45) is 3.18. The number of fused-ring (bicyclic) bond motifs is 1. The van der Waals surface area contributed by atoms with Gasteiger partial charge in [-0.2, -0.15) is 5.10 Å². The highest BCUT2D eigenvalue weighted by Gasteiger charge is 2.38. The zero-order valence-electron chi connectivity index (χ0n) is 10.4. The first-order chi connectivity index (χ1) is 9.47. The molecule has 1 aromatic carbocycles. The summed E-state index contributed by atoms with van der Waals surface area (Å²) in [6, 6.07) is 1.58. The molecule has 0 fully saturated rings. The second kappa shape index (κ2) is 4.22. The Kier molecular flexibility index (Phi) is 2.63. The quantitative estimate of drug-likeness (QED) is 0.780. The lowest BCUT2D eigenvalue weighted by Crippen LogP contribution is -2.29. The zero-order valence-corrected chi connectivity index (χ0v) is 10.4. The highest BCUT2D eigenvalue weighted by atomic mass is 19.1. The summed E-state index contributed by atoms with van der Waals surface area (Å²) in [4.78, 5) is 24.7. The van der Waals surface area contributed by atoms with Crippen LogP contribution in [0, 0.1) is 11.6 Å². The van der Waals surface area contributed by atoms with Crippen molar-refractivity contribution in [1.29, 1.82) is 0 Å². The Morgan fingerprint density at radius 2 is 2.00 bits per heavy atom. The Morgan fingerprint density at radius 3 is 2.65 bits per heavy atom. The number of carbonyl (C=O) groups is 2. The van der Waals surface area contributed by atoms with Crippen molar-refractivity contribution in [3.8, 4) is 0 Å². The Labute approximate surface area is 112 Å². The van der Waals surface area contributed by atoms with E-state index in [4.69, 9.17) is 0 Å². The molecule has 1 aliphatic rings. The van der Waals surface area contributed by atoms with Crippen LogP contribution >= 0.6 is 0 Å². The molecule has 0 N–H and O–H groups in total. The summed E-state index contributed by atoms with van der Waals surface area (Å²) in [7, 11) is 1.70. The van der Waals surface area contributed by atoms with Gasteiger partial charge in [0.15, 0.2) is 0 Å². The van der Waals surface area contributed by atoms with Crippen LogP contribution in [-0.4, -0.2) is 21.5 Å². The van der Waals surface area contributed by atoms with Gasteiger partial charge in [-0.3, -0.25) is 14.3 Å². The molecular weight excluding hydrogens is 268 g/mol. The molecule has 0 spiro atoms. The number of halogens is 2. The van der Waals surface area contributed by atoms with Crippen molar-refractivity contribution in [2.75, 3.05) is 4.90 Å². The van der Waals surface area contributed by atoms with Crippen molar-refractivity contribution in [3.05, 3.63) is 47.3 Å². The topological polar surface area (TPSA) is 55.2 Å². The first-order valence-electron chi connectivity index (χ1n) is 5.80. The van der Waals surface area contributed by atoms with Gasteiger partial charge in [0, 0.05) is 24.9 Å². The lowest BCUT2D eigenvalue weighted by atomic mass is 10.1. The largest absolute Gasteiger partial charge is 0.300 e. The Bertz CT molecular complexity index is 739. The molecule has 0 bridgehead atoms. The van der Waals surface area contributed by atoms with Gasteiger partial charge < -0.3 is 4.90 Å². The number of benzene rings is 1. The van der Waals surface area contributed by atoms with Crippen LogP contribution in [0.4, 0.5) is 14.5 Å². The molecule has 20 heavy (non-hydrogen) atoms. The summed E-state index contributed by atoms with van der Waals surface area (Å²) in [6.45, 7) is 0.0360. The number of Topliss-reactive ketones (excluding diaryl/α,β-unsaturated/α-hetero) is 1. The van der Waals surface area contributed by atoms with Crippen molar-refractivity contribution in [2.45, 2.75) is 6.54 Å². The molecule has 102 valence electrons. The minimum atomic E-state index is -1.02. The molecular formula is C13H9F2N3O2. The van der Waals surface area contributed by atoms with E-state index in [0.29, 0.717) is 11.6 Å². The van der Waals surface area contributed by atoms with E-state index in [1.807, 2.05) is 0 Å². The number of amides is 1. The average Bonchev–Trinajstić information content (AvgIpc) is 2.87. The van der Waals surface area contributed by atoms with Gasteiger partial charge in [-0.05, 0) is 6.07 Å². The number of anilines is 1. The fourth-order valence-corrected chi connectivity index (χ4v) is 2.23. The summed E-state index contributed by atoms with van der Waals surface area (Å²) in [5.74, 6) is -3.68. The van der Waals surface area contributed by atoms with Gasteiger partial charge in [0.2, 0.25) is 0 Å². The standard InChI is InChI=1S/C13H9F2N3O2/c1-17-5-7(4-16-17)6-18-10-3-8(14)2-9(15)11(10)12(19)13(18)20/h2-5H,6H2,1H3. The molecule has 1 amide bonds. The number of nitrogens with zero attached hydrogens (tertiary/aromatic N) is 3. The maximum absolute atomic E-state index is 13.6. The van der Waals surface area contributed by atoms with Gasteiger partial charge in [0.1, 0.15) is 11.6 Å². The lowest BCUT2D eigenvalue weighted by molar-refractivity contribution is -0.114. The van der Waals surface area contributed by atoms with Crippen molar-refractivity contribution < 1.29 is 18.4 Å². The molecule has 5 nitrogen and oxygen atoms in total. The van der Waals surface area contributed by atoms with E-state index in [1.54, 1.807) is 13.2 Å². The molecule has 1 aromatic heterocycles. The maximum Gasteiger partial charge on any atom is 0.299 e. The molecule has 0 unspecified atom stereocenters. The Balaban J connectivity index is 2.06. The highest BCUT2D eigenvalue weighted by molar-refractivity contribution is 6.52. The minimum Gasteiger partial charge on any atom is -0.300 e. The van der Waals surface area contributed by atoms with E-state index in [2.05, 4.69) is 5.10 Å². The fourth-order valence-electron chi connectivity index (χ4n) is 2.23. The van der Waals surface area contributed by atoms with Gasteiger partial charge in [0.25, 0.3) is 11.7 Å². The van der Waals surface area contributed by atoms with Gasteiger partial charge in [-0.1, -0.05) is 0 Å². The molecule has 1 aliphatic heterocycles. The van der Waals surface area contributed by atoms with Gasteiger partial charge in [-0.15, -0.1) is 0 Å². The van der Waals surface area contributed by atoms with Crippen LogP contribution in [0.1, 0.15) is 15.9 Å². The second-order valence-electron chi connectivity index (χ2n) is 4.52. The number of hydrogen-bond donors (Lipinski definition) is 0. The molecule has 2 aromatic rings. The van der Waals surface area contributed by atoms with Gasteiger partial charge in [-0.25, -0.2) is 8.78 Å². The predicted molar refractivity (Wildman–Crippen MR) is 65.1 cm³/mol. The van der Waals surface area contributed by atoms with E-state index in [0.717, 1.165) is 11.0 Å². The highest BCUT2D eigenvalue weighted by Crippen LogP contribution is 2.33. The number of aryl methyl sites for hydroxylation is 1. The molecule has 0 saturated carbocycles. The van der Waals surface area contributed by atoms with E-state index >= 15 is 0 Å². The first-order valence-corrected chi connectivity index (χ1v) is 5.80. The lowest BCUT2D eigenvalue weighted by Gasteiger charge is -2.15. The Morgan fingerprint density at radius 1 is 1.25 bits per heavy atom. The van der Waals surface area contributed by atoms with Crippen LogP contribution in [0.5, 0.6) is 0 Å². The summed E-state index contributed by atoms with van der Waals surface area (Å²) in [5, 5.41) is 3.94. The van der Waals surface area contributed by atoms with Gasteiger partial charge >= 0.3 is 0 Å². The number of hydrogen-bond acceptors (Lipinski definition) is 3. The normalized spacial score (nSPS) is 14.1. The molecule has 0 saturated heterocycles. The summed E-state index contributed by atoms with van der Waals surface area (Å²) >= 11 is 0. The van der Waals surface area contributed by atoms with E-state index in [-0.39, 0.29) is 17.8 Å². The second-order valence-corrected chi connectivity index (χ2v) is 4.52. The van der Waals surface area contributed by atoms with Crippen LogP contribution in [0.3, 0.4) is 0 Å². The van der Waals surface area contributed by atoms with Crippen molar-refractivity contribution in [1.82, 2.24) is 9.78 Å². The molecule has 3 rings (SSSR count). The third kappa shape index (κ3) is 1.78. The summed E-state index contributed by atoms with van der Waals surface area (Å²) < 4.78 is 28.5. The first kappa shape index (κ1) is 12.5. The van der Waals surface area contributed by atoms with Crippen molar-refractivity contribution in [2.24, 2.45) is 7.05 Å². The number of carbonyl (C=O) groups excluding carboxylic acids is 2. The monoisotopic (exact) mass is 277 g/mol. The van der Waals surface area contributed by atoms with Crippen molar-refractivity contribution >= 4 is 17.4 Å². The molecule has 7 heteroatoms. The Hall–Kier alpha value is -2.57. The van der Waals surface area contributed by atoms with Crippen molar-refractivity contribution in [3.63, 3.8) is 0 Å². The molecule has 0 atom stereocenters. The summed E-state index contributed by atoms with van der Waals surface area (Å²) in [5.41, 5.74) is 0.243. The van der Waals surface area contributed by atoms with Crippen LogP contribution in [0.15, 0.2) is 24.5 Å². The number of rotatable bonds is 2. The van der Waals surface area contributed by atoms with Crippen LogP contribution in [0.2, 0.25) is 0 Å². The number of aromatic nitrogens is 2. The SMILES string of the molecule is Cn1cc(CN2C(=O)C(=O)c3c(F)cc(F)cc32)cn1. The smallest absolute Gasteiger partial charge is 0.299 e. The third-order valence-corrected chi connectivity index (χ3v) is 3.09.